The number of carboxylic acids is 1. The van der Waals surface area contributed by atoms with Crippen molar-refractivity contribution in [2.24, 2.45) is 5.73 Å². The van der Waals surface area contributed by atoms with Gasteiger partial charge in [-0.15, -0.1) is 0 Å². The standard InChI is InChI=1S/C32H35N5O6/c33-24(15-20-9-3-1-4-10-20)29(39)35-26(16-21-11-5-2-6-12-21)30(40)37-28(19-38)31(41)36-27(32(42)43)17-22-18-34-25-14-8-7-13-23(22)25/h1-14,18,24,26-28,34,38H,15-17,19,33H2,(H,35,39)(H,36,41)(H,37,40)(H,42,43). The van der Waals surface area contributed by atoms with Gasteiger partial charge in [-0.1, -0.05) is 78.9 Å². The molecule has 0 bridgehead atoms. The van der Waals surface area contributed by atoms with Gasteiger partial charge in [-0.2, -0.15) is 0 Å². The first-order valence-electron chi connectivity index (χ1n) is 13.9. The number of aliphatic hydroxyl groups excluding tert-OH is 1. The number of hydrogen-bond acceptors (Lipinski definition) is 6. The van der Waals surface area contributed by atoms with Crippen LogP contribution < -0.4 is 21.7 Å². The van der Waals surface area contributed by atoms with E-state index in [9.17, 15) is 29.4 Å². The Morgan fingerprint density at radius 1 is 0.674 bits per heavy atom. The lowest BCUT2D eigenvalue weighted by atomic mass is 10.0. The molecule has 1 heterocycles. The average molecular weight is 586 g/mol. The molecular formula is C32H35N5O6. The number of fused-ring (bicyclic) bond motifs is 1. The fourth-order valence-electron chi connectivity index (χ4n) is 4.76. The van der Waals surface area contributed by atoms with Crippen LogP contribution in [0.25, 0.3) is 10.9 Å². The van der Waals surface area contributed by atoms with E-state index in [2.05, 4.69) is 20.9 Å². The third-order valence-electron chi connectivity index (χ3n) is 7.08. The molecule has 3 aromatic carbocycles. The van der Waals surface area contributed by atoms with Gasteiger partial charge in [-0.05, 0) is 29.2 Å². The number of rotatable bonds is 14. The molecule has 4 aromatic rings. The lowest BCUT2D eigenvalue weighted by molar-refractivity contribution is -0.142. The maximum absolute atomic E-state index is 13.4. The van der Waals surface area contributed by atoms with E-state index in [1.165, 1.54) is 0 Å². The first-order valence-corrected chi connectivity index (χ1v) is 13.9. The summed E-state index contributed by atoms with van der Waals surface area (Å²) in [6, 6.07) is 20.7. The molecule has 0 saturated carbocycles. The number of amides is 3. The van der Waals surface area contributed by atoms with E-state index < -0.39 is 54.5 Å². The fourth-order valence-corrected chi connectivity index (χ4v) is 4.76. The number of hydrogen-bond donors (Lipinski definition) is 7. The highest BCUT2D eigenvalue weighted by Gasteiger charge is 2.30. The lowest BCUT2D eigenvalue weighted by Crippen LogP contribution is -2.58. The number of nitrogens with one attached hydrogen (secondary N) is 4. The molecule has 4 rings (SSSR count). The van der Waals surface area contributed by atoms with E-state index in [4.69, 9.17) is 5.73 Å². The number of nitrogens with two attached hydrogens (primary N) is 1. The molecule has 224 valence electrons. The SMILES string of the molecule is NC(Cc1ccccc1)C(=O)NC(Cc1ccccc1)C(=O)NC(CO)C(=O)NC(Cc1c[nH]c2ccccc12)C(=O)O. The van der Waals surface area contributed by atoms with Crippen molar-refractivity contribution in [3.05, 3.63) is 108 Å². The van der Waals surface area contributed by atoms with Crippen LogP contribution in [0.2, 0.25) is 0 Å². The normalized spacial score (nSPS) is 13.8. The van der Waals surface area contributed by atoms with Crippen molar-refractivity contribution in [1.29, 1.82) is 0 Å². The molecule has 4 unspecified atom stereocenters. The molecule has 0 aliphatic carbocycles. The van der Waals surface area contributed by atoms with E-state index in [1.54, 1.807) is 30.5 Å². The summed E-state index contributed by atoms with van der Waals surface area (Å²) in [7, 11) is 0. The minimum atomic E-state index is -1.47. The van der Waals surface area contributed by atoms with E-state index in [0.29, 0.717) is 5.56 Å². The highest BCUT2D eigenvalue weighted by molar-refractivity contribution is 5.94. The van der Waals surface area contributed by atoms with Gasteiger partial charge in [0.05, 0.1) is 12.6 Å². The summed E-state index contributed by atoms with van der Waals surface area (Å²) >= 11 is 0. The Morgan fingerprint density at radius 3 is 1.84 bits per heavy atom. The van der Waals surface area contributed by atoms with Gasteiger partial charge in [0.25, 0.3) is 0 Å². The van der Waals surface area contributed by atoms with Crippen molar-refractivity contribution in [2.45, 2.75) is 43.4 Å². The number of aliphatic carboxylic acids is 1. The zero-order valence-corrected chi connectivity index (χ0v) is 23.4. The topological polar surface area (TPSA) is 187 Å². The maximum Gasteiger partial charge on any atom is 0.326 e. The van der Waals surface area contributed by atoms with Crippen LogP contribution in [0.3, 0.4) is 0 Å². The second kappa shape index (κ2) is 14.8. The Kier molecular flexibility index (Phi) is 10.6. The third kappa shape index (κ3) is 8.51. The van der Waals surface area contributed by atoms with Crippen molar-refractivity contribution in [2.75, 3.05) is 6.61 Å². The van der Waals surface area contributed by atoms with Gasteiger partial charge in [0.1, 0.15) is 18.1 Å². The van der Waals surface area contributed by atoms with Crippen molar-refractivity contribution >= 4 is 34.6 Å². The molecule has 1 aromatic heterocycles. The van der Waals surface area contributed by atoms with Crippen molar-refractivity contribution in [1.82, 2.24) is 20.9 Å². The minimum Gasteiger partial charge on any atom is -0.480 e. The van der Waals surface area contributed by atoms with Crippen LogP contribution in [0.4, 0.5) is 0 Å². The van der Waals surface area contributed by atoms with Crippen molar-refractivity contribution in [3.8, 4) is 0 Å². The molecule has 0 aliphatic rings. The second-order valence-corrected chi connectivity index (χ2v) is 10.3. The van der Waals surface area contributed by atoms with Crippen LogP contribution in [-0.4, -0.2) is 69.7 Å². The second-order valence-electron chi connectivity index (χ2n) is 10.3. The van der Waals surface area contributed by atoms with Crippen LogP contribution in [0.5, 0.6) is 0 Å². The lowest BCUT2D eigenvalue weighted by Gasteiger charge is -2.24. The number of carbonyl (C=O) groups is 4. The highest BCUT2D eigenvalue weighted by atomic mass is 16.4. The van der Waals surface area contributed by atoms with Gasteiger partial charge in [-0.25, -0.2) is 4.79 Å². The molecule has 4 atom stereocenters. The van der Waals surface area contributed by atoms with Gasteiger partial charge in [0.15, 0.2) is 0 Å². The van der Waals surface area contributed by atoms with Crippen LogP contribution in [0.1, 0.15) is 16.7 Å². The molecule has 3 amide bonds. The number of para-hydroxylation sites is 1. The largest absolute Gasteiger partial charge is 0.480 e. The van der Waals surface area contributed by atoms with Gasteiger partial charge in [-0.3, -0.25) is 14.4 Å². The molecule has 0 fully saturated rings. The van der Waals surface area contributed by atoms with Crippen LogP contribution in [0, 0.1) is 0 Å². The molecule has 0 aliphatic heterocycles. The number of H-pyrrole nitrogens is 1. The minimum absolute atomic E-state index is 0.0246. The van der Waals surface area contributed by atoms with Crippen LogP contribution in [0.15, 0.2) is 91.1 Å². The van der Waals surface area contributed by atoms with E-state index in [0.717, 1.165) is 22.0 Å². The fraction of sp³-hybridized carbons (Fsp3) is 0.250. The van der Waals surface area contributed by atoms with Crippen molar-refractivity contribution < 1.29 is 29.4 Å². The molecular weight excluding hydrogens is 550 g/mol. The van der Waals surface area contributed by atoms with Gasteiger partial charge in [0.2, 0.25) is 17.7 Å². The highest BCUT2D eigenvalue weighted by Crippen LogP contribution is 2.19. The molecule has 0 radical (unpaired) electrons. The van der Waals surface area contributed by atoms with E-state index in [-0.39, 0.29) is 19.3 Å². The number of aromatic amines is 1. The number of benzene rings is 3. The Morgan fingerprint density at radius 2 is 1.21 bits per heavy atom. The Balaban J connectivity index is 1.44. The summed E-state index contributed by atoms with van der Waals surface area (Å²) in [5.41, 5.74) is 9.24. The van der Waals surface area contributed by atoms with E-state index >= 15 is 0 Å². The Bertz CT molecular complexity index is 1540. The number of carbonyl (C=O) groups excluding carboxylic acids is 3. The molecule has 0 saturated heterocycles. The predicted octanol–water partition coefficient (Wildman–Crippen LogP) is 1.05. The molecule has 11 nitrogen and oxygen atoms in total. The average Bonchev–Trinajstić information content (AvgIpc) is 3.42. The summed E-state index contributed by atoms with van der Waals surface area (Å²) in [5.74, 6) is -3.45. The molecule has 43 heavy (non-hydrogen) atoms. The number of carboxylic acid groups (broad SMARTS) is 1. The monoisotopic (exact) mass is 585 g/mol. The van der Waals surface area contributed by atoms with Gasteiger partial charge >= 0.3 is 5.97 Å². The zero-order valence-electron chi connectivity index (χ0n) is 23.4. The summed E-state index contributed by atoms with van der Waals surface area (Å²) in [4.78, 5) is 54.5. The maximum atomic E-state index is 13.4. The quantitative estimate of drug-likeness (QED) is 0.115. The Hall–Kier alpha value is -5.00. The molecule has 0 spiro atoms. The van der Waals surface area contributed by atoms with Crippen LogP contribution >= 0.6 is 0 Å². The molecule has 8 N–H and O–H groups in total. The third-order valence-corrected chi connectivity index (χ3v) is 7.08. The zero-order chi connectivity index (χ0) is 30.8. The van der Waals surface area contributed by atoms with Crippen molar-refractivity contribution in [3.63, 3.8) is 0 Å². The summed E-state index contributed by atoms with van der Waals surface area (Å²) in [6.07, 6.45) is 2.00. The number of aliphatic hydroxyl groups is 1. The van der Waals surface area contributed by atoms with Gasteiger partial charge < -0.3 is 36.9 Å². The smallest absolute Gasteiger partial charge is 0.326 e. The van der Waals surface area contributed by atoms with E-state index in [1.807, 2.05) is 60.7 Å². The first kappa shape index (κ1) is 30.9. The Labute approximate surface area is 248 Å². The van der Waals surface area contributed by atoms with Gasteiger partial charge in [0, 0.05) is 29.9 Å². The number of aromatic nitrogens is 1. The summed E-state index contributed by atoms with van der Waals surface area (Å²) in [5, 5.41) is 28.1. The molecule has 11 heteroatoms. The first-order chi connectivity index (χ1) is 20.7. The summed E-state index contributed by atoms with van der Waals surface area (Å²) in [6.45, 7) is -0.795. The predicted molar refractivity (Wildman–Crippen MR) is 161 cm³/mol. The van der Waals surface area contributed by atoms with Crippen LogP contribution in [-0.2, 0) is 38.4 Å². The summed E-state index contributed by atoms with van der Waals surface area (Å²) < 4.78 is 0.